The van der Waals surface area contributed by atoms with E-state index >= 15 is 0 Å². The van der Waals surface area contributed by atoms with Gasteiger partial charge in [-0.2, -0.15) is 0 Å². The summed E-state index contributed by atoms with van der Waals surface area (Å²) in [5.74, 6) is -2.22. The van der Waals surface area contributed by atoms with Crippen LogP contribution in [0.2, 0.25) is 0 Å². The van der Waals surface area contributed by atoms with Gasteiger partial charge in [0.2, 0.25) is 5.96 Å². The summed E-state index contributed by atoms with van der Waals surface area (Å²) in [4.78, 5) is 21.6. The number of carboxylic acids is 1. The summed E-state index contributed by atoms with van der Waals surface area (Å²) in [6.45, 7) is -0.249. The Bertz CT molecular complexity index is 283. The Hall–Kier alpha value is -1.87. The van der Waals surface area contributed by atoms with Gasteiger partial charge < -0.3 is 28.0 Å². The van der Waals surface area contributed by atoms with Crippen LogP contribution in [0.5, 0.6) is 0 Å². The van der Waals surface area contributed by atoms with Crippen molar-refractivity contribution in [2.45, 2.75) is 12.1 Å². The summed E-state index contributed by atoms with van der Waals surface area (Å²) in [7, 11) is 0. The third-order valence-electron chi connectivity index (χ3n) is 1.37. The number of carbonyl (C=O) groups excluding carboxylic acids is 1. The molecule has 9 heteroatoms. The van der Waals surface area contributed by atoms with E-state index in [1.54, 1.807) is 0 Å². The van der Waals surface area contributed by atoms with E-state index in [1.165, 1.54) is 0 Å². The summed E-state index contributed by atoms with van der Waals surface area (Å²) < 4.78 is 0. The van der Waals surface area contributed by atoms with Crippen molar-refractivity contribution in [2.75, 3.05) is 6.54 Å². The molecule has 0 aliphatic carbocycles. The lowest BCUT2D eigenvalue weighted by Crippen LogP contribution is -2.58. The average molecular weight is 218 g/mol. The first-order chi connectivity index (χ1) is 6.75. The fraction of sp³-hybridized carbons (Fsp3) is 0.500. The number of aliphatic carboxylic acids is 1. The fourth-order valence-corrected chi connectivity index (χ4v) is 0.683. The van der Waals surface area contributed by atoms with Crippen molar-refractivity contribution in [1.29, 1.82) is 0 Å². The van der Waals surface area contributed by atoms with E-state index in [4.69, 9.17) is 28.0 Å². The first-order valence-electron chi connectivity index (χ1n) is 3.90. The monoisotopic (exact) mass is 218 g/mol. The van der Waals surface area contributed by atoms with Crippen LogP contribution in [-0.4, -0.2) is 35.0 Å². The van der Waals surface area contributed by atoms with Gasteiger partial charge in [-0.3, -0.25) is 10.2 Å². The normalized spacial score (nSPS) is 10.5. The molecular formula is C6H14N6O3. The Morgan fingerprint density at radius 3 is 2.27 bits per heavy atom. The van der Waals surface area contributed by atoms with Crippen LogP contribution in [0.3, 0.4) is 0 Å². The first kappa shape index (κ1) is 13.1. The molecule has 0 saturated carbocycles. The van der Waals surface area contributed by atoms with Gasteiger partial charge in [0.1, 0.15) is 0 Å². The van der Waals surface area contributed by atoms with Gasteiger partial charge in [-0.05, 0) is 0 Å². The lowest BCUT2D eigenvalue weighted by Gasteiger charge is -2.17. The van der Waals surface area contributed by atoms with Crippen LogP contribution in [0.1, 0.15) is 6.42 Å². The maximum absolute atomic E-state index is 11.1. The number of rotatable bonds is 6. The number of nitrogens with zero attached hydrogens (tertiary/aromatic N) is 1. The predicted molar refractivity (Wildman–Crippen MR) is 52.2 cm³/mol. The van der Waals surface area contributed by atoms with Crippen molar-refractivity contribution in [2.24, 2.45) is 28.0 Å². The number of hydrogen-bond donors (Lipinski definition) is 6. The minimum Gasteiger partial charge on any atom is -0.479 e. The molecule has 0 aromatic rings. The Morgan fingerprint density at radius 2 is 1.87 bits per heavy atom. The van der Waals surface area contributed by atoms with Crippen molar-refractivity contribution in [3.8, 4) is 0 Å². The first-order valence-corrected chi connectivity index (χ1v) is 3.90. The number of hydrogen-bond acceptors (Lipinski definition) is 6. The van der Waals surface area contributed by atoms with Gasteiger partial charge in [-0.25, -0.2) is 4.79 Å². The van der Waals surface area contributed by atoms with Crippen molar-refractivity contribution in [1.82, 2.24) is 5.43 Å². The molecule has 0 amide bonds. The van der Waals surface area contributed by atoms with Crippen LogP contribution in [0, 0.1) is 0 Å². The van der Waals surface area contributed by atoms with E-state index in [9.17, 15) is 9.59 Å². The van der Waals surface area contributed by atoms with Crippen molar-refractivity contribution < 1.29 is 14.7 Å². The Balaban J connectivity index is 4.05. The Labute approximate surface area is 85.5 Å². The number of carbonyl (C=O) groups is 2. The molecule has 0 aliphatic rings. The second kappa shape index (κ2) is 5.12. The minimum atomic E-state index is -2.07. The van der Waals surface area contributed by atoms with Gasteiger partial charge >= 0.3 is 5.97 Å². The predicted octanol–water partition coefficient (Wildman–Crippen LogP) is -3.58. The molecule has 0 heterocycles. The lowest BCUT2D eigenvalue weighted by molar-refractivity contribution is -0.145. The van der Waals surface area contributed by atoms with Crippen molar-refractivity contribution in [3.63, 3.8) is 0 Å². The number of nitrogens with one attached hydrogen (secondary N) is 1. The highest BCUT2D eigenvalue weighted by atomic mass is 16.4. The number of hydrazone groups is 1. The van der Waals surface area contributed by atoms with Crippen molar-refractivity contribution in [3.05, 3.63) is 0 Å². The third-order valence-corrected chi connectivity index (χ3v) is 1.37. The van der Waals surface area contributed by atoms with Gasteiger partial charge in [0.05, 0.1) is 13.0 Å². The molecular weight excluding hydrogens is 204 g/mol. The number of ketones is 1. The Kier molecular flexibility index (Phi) is 4.48. The molecule has 0 rings (SSSR count). The van der Waals surface area contributed by atoms with Gasteiger partial charge in [-0.15, -0.1) is 5.10 Å². The van der Waals surface area contributed by atoms with Crippen LogP contribution in [0.25, 0.3) is 0 Å². The SMILES string of the molecule is NC(N)=NNCC(=O)CC(N)(N)C(=O)O. The highest BCUT2D eigenvalue weighted by Crippen LogP contribution is 1.98. The highest BCUT2D eigenvalue weighted by molar-refractivity contribution is 5.89. The molecule has 0 atom stereocenters. The highest BCUT2D eigenvalue weighted by Gasteiger charge is 2.31. The third kappa shape index (κ3) is 5.44. The smallest absolute Gasteiger partial charge is 0.338 e. The van der Waals surface area contributed by atoms with Gasteiger partial charge in [0, 0.05) is 0 Å². The minimum absolute atomic E-state index is 0.243. The quantitative estimate of drug-likeness (QED) is 0.114. The molecule has 0 unspecified atom stereocenters. The van der Waals surface area contributed by atoms with E-state index in [1.807, 2.05) is 0 Å². The molecule has 86 valence electrons. The topological polar surface area (TPSA) is 183 Å². The molecule has 0 bridgehead atoms. The van der Waals surface area contributed by atoms with Crippen LogP contribution >= 0.6 is 0 Å². The molecule has 0 radical (unpaired) electrons. The van der Waals surface area contributed by atoms with Crippen LogP contribution in [0.4, 0.5) is 0 Å². The molecule has 0 aliphatic heterocycles. The zero-order chi connectivity index (χ0) is 12.1. The summed E-state index contributed by atoms with van der Waals surface area (Å²) >= 11 is 0. The number of carboxylic acid groups (broad SMARTS) is 1. The van der Waals surface area contributed by atoms with E-state index in [0.717, 1.165) is 0 Å². The van der Waals surface area contributed by atoms with Crippen LogP contribution in [-0.2, 0) is 9.59 Å². The molecule has 0 aromatic heterocycles. The summed E-state index contributed by atoms with van der Waals surface area (Å²) in [5.41, 5.74) is 20.4. The van der Waals surface area contributed by atoms with E-state index in [2.05, 4.69) is 10.5 Å². The summed E-state index contributed by atoms with van der Waals surface area (Å²) in [5, 5.41) is 11.8. The zero-order valence-corrected chi connectivity index (χ0v) is 7.93. The van der Waals surface area contributed by atoms with Gasteiger partial charge in [0.25, 0.3) is 0 Å². The van der Waals surface area contributed by atoms with Gasteiger partial charge in [-0.1, -0.05) is 0 Å². The second-order valence-electron chi connectivity index (χ2n) is 2.93. The van der Waals surface area contributed by atoms with Gasteiger partial charge in [0.15, 0.2) is 11.4 Å². The second-order valence-corrected chi connectivity index (χ2v) is 2.93. The number of Topliss-reactive ketones (excluding diaryl/α,β-unsaturated/α-hetero) is 1. The average Bonchev–Trinajstić information content (AvgIpc) is 2.01. The zero-order valence-electron chi connectivity index (χ0n) is 7.93. The van der Waals surface area contributed by atoms with Crippen molar-refractivity contribution >= 4 is 17.7 Å². The lowest BCUT2D eigenvalue weighted by atomic mass is 10.1. The summed E-state index contributed by atoms with van der Waals surface area (Å²) in [6, 6.07) is 0. The molecule has 0 fully saturated rings. The summed E-state index contributed by atoms with van der Waals surface area (Å²) in [6.07, 6.45) is -0.519. The standard InChI is InChI=1S/C6H14N6O3/c7-5(8)12-11-2-3(13)1-6(9,10)4(14)15/h11H,1-2,9-10H2,(H,14,15)(H4,7,8,12). The Morgan fingerprint density at radius 1 is 1.33 bits per heavy atom. The maximum atomic E-state index is 11.1. The molecule has 0 spiro atoms. The van der Waals surface area contributed by atoms with Crippen LogP contribution < -0.4 is 28.4 Å². The maximum Gasteiger partial charge on any atom is 0.338 e. The van der Waals surface area contributed by atoms with E-state index < -0.39 is 23.8 Å². The molecule has 0 aromatic carbocycles. The van der Waals surface area contributed by atoms with E-state index in [0.29, 0.717) is 0 Å². The number of guanidine groups is 1. The fourth-order valence-electron chi connectivity index (χ4n) is 0.683. The van der Waals surface area contributed by atoms with E-state index in [-0.39, 0.29) is 12.5 Å². The van der Waals surface area contributed by atoms with Crippen LogP contribution in [0.15, 0.2) is 5.10 Å². The molecule has 0 saturated heterocycles. The molecule has 9 nitrogen and oxygen atoms in total. The molecule has 15 heavy (non-hydrogen) atoms. The largest absolute Gasteiger partial charge is 0.479 e. The number of nitrogens with two attached hydrogens (primary N) is 4. The molecule has 10 N–H and O–H groups in total.